The Balaban J connectivity index is 2.08. The highest BCUT2D eigenvalue weighted by Gasteiger charge is 2.21. The van der Waals surface area contributed by atoms with E-state index in [4.69, 9.17) is 0 Å². The van der Waals surface area contributed by atoms with Crippen LogP contribution in [0.5, 0.6) is 0 Å². The summed E-state index contributed by atoms with van der Waals surface area (Å²) in [5, 5.41) is 3.37. The molecular weight excluding hydrogens is 206 g/mol. The molecule has 1 atom stereocenters. The lowest BCUT2D eigenvalue weighted by Crippen LogP contribution is -2.20. The quantitative estimate of drug-likeness (QED) is 0.811. The zero-order valence-electron chi connectivity index (χ0n) is 11.2. The highest BCUT2D eigenvalue weighted by Crippen LogP contribution is 2.34. The zero-order chi connectivity index (χ0) is 12.1. The molecule has 94 valence electrons. The normalized spacial score (nSPS) is 18.5. The maximum atomic E-state index is 3.37. The Hall–Kier alpha value is -0.820. The van der Waals surface area contributed by atoms with Crippen LogP contribution < -0.4 is 5.32 Å². The molecule has 1 fully saturated rings. The highest BCUT2D eigenvalue weighted by atomic mass is 14.8. The molecule has 1 heteroatoms. The van der Waals surface area contributed by atoms with Gasteiger partial charge in [-0.2, -0.15) is 0 Å². The van der Waals surface area contributed by atoms with Crippen molar-refractivity contribution >= 4 is 0 Å². The van der Waals surface area contributed by atoms with E-state index in [-0.39, 0.29) is 0 Å². The van der Waals surface area contributed by atoms with Crippen molar-refractivity contribution in [3.63, 3.8) is 0 Å². The third-order valence-corrected chi connectivity index (χ3v) is 4.17. The number of hydrogen-bond acceptors (Lipinski definition) is 1. The molecule has 1 nitrogen and oxygen atoms in total. The third-order valence-electron chi connectivity index (χ3n) is 4.17. The van der Waals surface area contributed by atoms with Crippen LogP contribution >= 0.6 is 0 Å². The van der Waals surface area contributed by atoms with E-state index in [2.05, 4.69) is 43.6 Å². The third kappa shape index (κ3) is 3.32. The van der Waals surface area contributed by atoms with Crippen LogP contribution in [0.25, 0.3) is 0 Å². The summed E-state index contributed by atoms with van der Waals surface area (Å²) in [4.78, 5) is 0. The van der Waals surface area contributed by atoms with Crippen LogP contribution in [0.1, 0.15) is 49.1 Å². The molecule has 1 aromatic carbocycles. The fraction of sp³-hybridized carbons (Fsp3) is 0.625. The highest BCUT2D eigenvalue weighted by molar-refractivity contribution is 5.29. The van der Waals surface area contributed by atoms with E-state index < -0.39 is 0 Å². The summed E-state index contributed by atoms with van der Waals surface area (Å²) in [5.74, 6) is 1.66. The van der Waals surface area contributed by atoms with Gasteiger partial charge in [0.1, 0.15) is 0 Å². The Bertz CT molecular complexity index is 339. The molecule has 1 saturated carbocycles. The van der Waals surface area contributed by atoms with Gasteiger partial charge in [-0.05, 0) is 43.4 Å². The number of benzene rings is 1. The Labute approximate surface area is 106 Å². The maximum absolute atomic E-state index is 3.37. The van der Waals surface area contributed by atoms with Gasteiger partial charge < -0.3 is 5.32 Å². The average molecular weight is 231 g/mol. The minimum absolute atomic E-state index is 0.698. The van der Waals surface area contributed by atoms with Crippen molar-refractivity contribution in [2.75, 3.05) is 13.6 Å². The van der Waals surface area contributed by atoms with Gasteiger partial charge in [0, 0.05) is 6.54 Å². The number of hydrogen-bond donors (Lipinski definition) is 1. The van der Waals surface area contributed by atoms with Crippen LogP contribution in [0.15, 0.2) is 24.3 Å². The van der Waals surface area contributed by atoms with E-state index in [0.29, 0.717) is 5.92 Å². The molecule has 0 heterocycles. The molecule has 0 aromatic heterocycles. The predicted octanol–water partition coefficient (Wildman–Crippen LogP) is 3.88. The second-order valence-electron chi connectivity index (χ2n) is 5.50. The van der Waals surface area contributed by atoms with Gasteiger partial charge in [-0.15, -0.1) is 0 Å². The Kier molecular flexibility index (Phi) is 4.61. The minimum atomic E-state index is 0.698. The number of rotatable bonds is 5. The molecule has 0 radical (unpaired) electrons. The van der Waals surface area contributed by atoms with Gasteiger partial charge in [0.05, 0.1) is 0 Å². The molecule has 0 aliphatic heterocycles. The molecule has 0 spiro atoms. The van der Waals surface area contributed by atoms with Crippen molar-refractivity contribution in [3.8, 4) is 0 Å². The van der Waals surface area contributed by atoms with Gasteiger partial charge >= 0.3 is 0 Å². The first-order chi connectivity index (χ1) is 8.31. The van der Waals surface area contributed by atoms with E-state index >= 15 is 0 Å². The van der Waals surface area contributed by atoms with Crippen molar-refractivity contribution in [2.45, 2.75) is 44.9 Å². The summed E-state index contributed by atoms with van der Waals surface area (Å²) < 4.78 is 0. The molecule has 1 unspecified atom stereocenters. The smallest absolute Gasteiger partial charge is 0.00173 e. The maximum Gasteiger partial charge on any atom is 0.00173 e. The second kappa shape index (κ2) is 6.20. The summed E-state index contributed by atoms with van der Waals surface area (Å²) in [7, 11) is 2.07. The lowest BCUT2D eigenvalue weighted by molar-refractivity contribution is 0.434. The minimum Gasteiger partial charge on any atom is -0.319 e. The molecule has 2 rings (SSSR count). The van der Waals surface area contributed by atoms with Gasteiger partial charge in [-0.1, -0.05) is 49.9 Å². The van der Waals surface area contributed by atoms with Gasteiger partial charge in [0.2, 0.25) is 0 Å². The van der Waals surface area contributed by atoms with Crippen molar-refractivity contribution in [1.29, 1.82) is 0 Å². The largest absolute Gasteiger partial charge is 0.319 e. The first-order valence-electron chi connectivity index (χ1n) is 7.01. The topological polar surface area (TPSA) is 12.0 Å². The van der Waals surface area contributed by atoms with Gasteiger partial charge in [-0.25, -0.2) is 0 Å². The van der Waals surface area contributed by atoms with Gasteiger partial charge in [-0.3, -0.25) is 0 Å². The molecule has 1 aliphatic rings. The van der Waals surface area contributed by atoms with Gasteiger partial charge in [0.15, 0.2) is 0 Å². The summed E-state index contributed by atoms with van der Waals surface area (Å²) in [6.07, 6.45) is 7.17. The Morgan fingerprint density at radius 3 is 2.59 bits per heavy atom. The molecule has 0 amide bonds. The summed E-state index contributed by atoms with van der Waals surface area (Å²) in [6.45, 7) is 3.36. The van der Waals surface area contributed by atoms with Crippen molar-refractivity contribution < 1.29 is 0 Å². The van der Waals surface area contributed by atoms with E-state index in [9.17, 15) is 0 Å². The second-order valence-corrected chi connectivity index (χ2v) is 5.50. The number of aryl methyl sites for hydroxylation is 1. The van der Waals surface area contributed by atoms with Crippen molar-refractivity contribution in [2.24, 2.45) is 5.92 Å². The fourth-order valence-electron chi connectivity index (χ4n) is 3.26. The molecule has 0 saturated heterocycles. The van der Waals surface area contributed by atoms with Crippen LogP contribution in [0.4, 0.5) is 0 Å². The first-order valence-corrected chi connectivity index (χ1v) is 7.01. The van der Waals surface area contributed by atoms with E-state index in [0.717, 1.165) is 12.5 Å². The van der Waals surface area contributed by atoms with Crippen LogP contribution in [-0.4, -0.2) is 13.6 Å². The molecular formula is C16H25N. The number of nitrogens with one attached hydrogen (secondary N) is 1. The summed E-state index contributed by atoms with van der Waals surface area (Å²) >= 11 is 0. The zero-order valence-corrected chi connectivity index (χ0v) is 11.2. The molecule has 1 N–H and O–H groups in total. The SMILES string of the molecule is CNCC(CC1CCCC1)c1ccccc1C. The van der Waals surface area contributed by atoms with E-state index in [1.54, 1.807) is 5.56 Å². The standard InChI is InChI=1S/C16H25N/c1-13-7-3-6-10-16(13)15(12-17-2)11-14-8-4-5-9-14/h3,6-7,10,14-15,17H,4-5,8-9,11-12H2,1-2H3. The Morgan fingerprint density at radius 1 is 1.24 bits per heavy atom. The Morgan fingerprint density at radius 2 is 1.94 bits per heavy atom. The number of likely N-dealkylation sites (N-methyl/N-ethyl adjacent to an activating group) is 1. The van der Waals surface area contributed by atoms with Crippen LogP contribution in [0, 0.1) is 12.8 Å². The lowest BCUT2D eigenvalue weighted by Gasteiger charge is -2.22. The van der Waals surface area contributed by atoms with Crippen molar-refractivity contribution in [1.82, 2.24) is 5.32 Å². The summed E-state index contributed by atoms with van der Waals surface area (Å²) in [6, 6.07) is 8.88. The summed E-state index contributed by atoms with van der Waals surface area (Å²) in [5.41, 5.74) is 3.00. The molecule has 1 aromatic rings. The first kappa shape index (κ1) is 12.6. The van der Waals surface area contributed by atoms with Crippen LogP contribution in [-0.2, 0) is 0 Å². The molecule has 17 heavy (non-hydrogen) atoms. The molecule has 1 aliphatic carbocycles. The van der Waals surface area contributed by atoms with Gasteiger partial charge in [0.25, 0.3) is 0 Å². The predicted molar refractivity (Wildman–Crippen MR) is 74.4 cm³/mol. The van der Waals surface area contributed by atoms with Crippen LogP contribution in [0.3, 0.4) is 0 Å². The fourth-order valence-corrected chi connectivity index (χ4v) is 3.26. The monoisotopic (exact) mass is 231 g/mol. The van der Waals surface area contributed by atoms with Crippen LogP contribution in [0.2, 0.25) is 0 Å². The average Bonchev–Trinajstić information content (AvgIpc) is 2.82. The molecule has 0 bridgehead atoms. The van der Waals surface area contributed by atoms with Crippen molar-refractivity contribution in [3.05, 3.63) is 35.4 Å². The lowest BCUT2D eigenvalue weighted by atomic mass is 9.86. The van der Waals surface area contributed by atoms with E-state index in [1.807, 2.05) is 0 Å². The van der Waals surface area contributed by atoms with E-state index in [1.165, 1.54) is 37.7 Å².